The molecular weight excluding hydrogens is 447 g/mol. The number of hydrogen-bond donors (Lipinski definition) is 1. The Balaban J connectivity index is 1.61. The maximum absolute atomic E-state index is 12.8. The fourth-order valence-electron chi connectivity index (χ4n) is 3.27. The predicted octanol–water partition coefficient (Wildman–Crippen LogP) is 2.49. The lowest BCUT2D eigenvalue weighted by atomic mass is 10.1. The van der Waals surface area contributed by atoms with E-state index in [1.165, 1.54) is 11.8 Å². The Hall–Kier alpha value is -2.92. The summed E-state index contributed by atoms with van der Waals surface area (Å²) >= 11 is 0. The average molecular weight is 469 g/mol. The van der Waals surface area contributed by atoms with E-state index in [9.17, 15) is 31.2 Å². The minimum atomic E-state index is -4.55. The molecule has 0 radical (unpaired) electrons. The zero-order valence-electron chi connectivity index (χ0n) is 17.2. The highest BCUT2D eigenvalue weighted by molar-refractivity contribution is 7.89. The Labute approximate surface area is 183 Å². The minimum absolute atomic E-state index is 0.0374. The minimum Gasteiger partial charge on any atom is -0.352 e. The van der Waals surface area contributed by atoms with Gasteiger partial charge in [-0.1, -0.05) is 12.1 Å². The monoisotopic (exact) mass is 469 g/mol. The van der Waals surface area contributed by atoms with Gasteiger partial charge in [0.15, 0.2) is 0 Å². The second-order valence-electron chi connectivity index (χ2n) is 7.33. The number of nitrogens with one attached hydrogen (secondary N) is 1. The number of benzene rings is 2. The summed E-state index contributed by atoms with van der Waals surface area (Å²) in [6, 6.07) is 10.1. The van der Waals surface area contributed by atoms with Crippen molar-refractivity contribution in [1.82, 2.24) is 14.5 Å². The van der Waals surface area contributed by atoms with Crippen LogP contribution in [0.5, 0.6) is 0 Å². The van der Waals surface area contributed by atoms with Crippen LogP contribution in [-0.4, -0.2) is 55.6 Å². The molecule has 2 aromatic rings. The SMILES string of the molecule is CC(=O)NCc1ccc(C(=O)N2CCN(S(=O)(=O)c3ccc(C(F)(F)F)cc3)CC2)cc1. The molecule has 7 nitrogen and oxygen atoms in total. The van der Waals surface area contributed by atoms with Gasteiger partial charge in [0.25, 0.3) is 5.91 Å². The summed E-state index contributed by atoms with van der Waals surface area (Å²) < 4.78 is 64.8. The number of amides is 2. The van der Waals surface area contributed by atoms with Crippen molar-refractivity contribution in [1.29, 1.82) is 0 Å². The molecular formula is C21H22F3N3O4S. The van der Waals surface area contributed by atoms with Crippen molar-refractivity contribution in [3.05, 3.63) is 65.2 Å². The lowest BCUT2D eigenvalue weighted by Crippen LogP contribution is -2.50. The highest BCUT2D eigenvalue weighted by Crippen LogP contribution is 2.30. The first-order chi connectivity index (χ1) is 15.0. The van der Waals surface area contributed by atoms with Crippen molar-refractivity contribution >= 4 is 21.8 Å². The largest absolute Gasteiger partial charge is 0.416 e. The standard InChI is InChI=1S/C21H22F3N3O4S/c1-15(28)25-14-16-2-4-17(5-3-16)20(29)26-10-12-27(13-11-26)32(30,31)19-8-6-18(7-9-19)21(22,23)24/h2-9H,10-14H2,1H3,(H,25,28). The van der Waals surface area contributed by atoms with Crippen molar-refractivity contribution in [3.63, 3.8) is 0 Å². The zero-order chi connectivity index (χ0) is 23.5. The number of hydrogen-bond acceptors (Lipinski definition) is 4. The third kappa shape index (κ3) is 5.46. The third-order valence-electron chi connectivity index (χ3n) is 5.09. The van der Waals surface area contributed by atoms with Crippen LogP contribution in [0.2, 0.25) is 0 Å². The molecule has 1 heterocycles. The number of sulfonamides is 1. The van der Waals surface area contributed by atoms with Crippen molar-refractivity contribution in [2.24, 2.45) is 0 Å². The molecule has 0 bridgehead atoms. The van der Waals surface area contributed by atoms with Gasteiger partial charge in [-0.2, -0.15) is 17.5 Å². The number of halogens is 3. The van der Waals surface area contributed by atoms with Crippen LogP contribution >= 0.6 is 0 Å². The molecule has 0 aromatic heterocycles. The van der Waals surface area contributed by atoms with E-state index in [4.69, 9.17) is 0 Å². The summed E-state index contributed by atoms with van der Waals surface area (Å²) in [5.74, 6) is -0.406. The van der Waals surface area contributed by atoms with Gasteiger partial charge in [-0.15, -0.1) is 0 Å². The number of rotatable bonds is 5. The van der Waals surface area contributed by atoms with Gasteiger partial charge in [0.2, 0.25) is 15.9 Å². The zero-order valence-corrected chi connectivity index (χ0v) is 18.0. The van der Waals surface area contributed by atoms with E-state index in [1.807, 2.05) is 0 Å². The summed E-state index contributed by atoms with van der Waals surface area (Å²) in [5.41, 5.74) is 0.356. The lowest BCUT2D eigenvalue weighted by Gasteiger charge is -2.34. The van der Waals surface area contributed by atoms with Gasteiger partial charge in [-0.25, -0.2) is 8.42 Å². The maximum Gasteiger partial charge on any atom is 0.416 e. The van der Waals surface area contributed by atoms with Gasteiger partial charge in [0.1, 0.15) is 0 Å². The van der Waals surface area contributed by atoms with Crippen LogP contribution in [-0.2, 0) is 27.5 Å². The highest BCUT2D eigenvalue weighted by atomic mass is 32.2. The molecule has 1 aliphatic heterocycles. The molecule has 32 heavy (non-hydrogen) atoms. The molecule has 3 rings (SSSR count). The van der Waals surface area contributed by atoms with Crippen molar-refractivity contribution in [3.8, 4) is 0 Å². The summed E-state index contributed by atoms with van der Waals surface area (Å²) in [6.45, 7) is 2.16. The van der Waals surface area contributed by atoms with E-state index in [0.717, 1.165) is 34.1 Å². The van der Waals surface area contributed by atoms with E-state index in [2.05, 4.69) is 5.32 Å². The molecule has 11 heteroatoms. The topological polar surface area (TPSA) is 86.8 Å². The smallest absolute Gasteiger partial charge is 0.352 e. The van der Waals surface area contributed by atoms with Crippen LogP contribution in [0.1, 0.15) is 28.4 Å². The van der Waals surface area contributed by atoms with Crippen LogP contribution in [0.4, 0.5) is 13.2 Å². The van der Waals surface area contributed by atoms with Gasteiger partial charge in [-0.3, -0.25) is 9.59 Å². The molecule has 2 aromatic carbocycles. The Morgan fingerprint density at radius 2 is 1.50 bits per heavy atom. The van der Waals surface area contributed by atoms with Crippen molar-refractivity contribution < 1.29 is 31.2 Å². The quantitative estimate of drug-likeness (QED) is 0.729. The van der Waals surface area contributed by atoms with Crippen LogP contribution in [0.15, 0.2) is 53.4 Å². The lowest BCUT2D eigenvalue weighted by molar-refractivity contribution is -0.137. The number of nitrogens with zero attached hydrogens (tertiary/aromatic N) is 2. The second kappa shape index (κ2) is 9.29. The normalized spacial score (nSPS) is 15.4. The van der Waals surface area contributed by atoms with E-state index >= 15 is 0 Å². The summed E-state index contributed by atoms with van der Waals surface area (Å²) in [5, 5.41) is 2.66. The molecule has 0 aliphatic carbocycles. The maximum atomic E-state index is 12.8. The van der Waals surface area contributed by atoms with E-state index in [1.54, 1.807) is 24.3 Å². The van der Waals surface area contributed by atoms with Gasteiger partial charge in [0, 0.05) is 45.2 Å². The van der Waals surface area contributed by atoms with E-state index in [-0.39, 0.29) is 42.9 Å². The molecule has 0 spiro atoms. The molecule has 0 atom stereocenters. The Morgan fingerprint density at radius 1 is 0.938 bits per heavy atom. The molecule has 1 saturated heterocycles. The fourth-order valence-corrected chi connectivity index (χ4v) is 4.69. The van der Waals surface area contributed by atoms with Gasteiger partial charge in [0.05, 0.1) is 10.5 Å². The first-order valence-corrected chi connectivity index (χ1v) is 11.2. The van der Waals surface area contributed by atoms with Crippen LogP contribution < -0.4 is 5.32 Å². The van der Waals surface area contributed by atoms with Crippen molar-refractivity contribution in [2.45, 2.75) is 24.5 Å². The number of alkyl halides is 3. The first-order valence-electron chi connectivity index (χ1n) is 9.78. The molecule has 1 aliphatic rings. The third-order valence-corrected chi connectivity index (χ3v) is 7.00. The molecule has 1 N–H and O–H groups in total. The number of carbonyl (C=O) groups excluding carboxylic acids is 2. The average Bonchev–Trinajstić information content (AvgIpc) is 2.77. The number of piperazine rings is 1. The predicted molar refractivity (Wildman–Crippen MR) is 110 cm³/mol. The second-order valence-corrected chi connectivity index (χ2v) is 9.26. The number of carbonyl (C=O) groups is 2. The molecule has 2 amide bonds. The van der Waals surface area contributed by atoms with E-state index in [0.29, 0.717) is 12.1 Å². The van der Waals surface area contributed by atoms with Crippen LogP contribution in [0.3, 0.4) is 0 Å². The van der Waals surface area contributed by atoms with E-state index < -0.39 is 21.8 Å². The first kappa shape index (κ1) is 23.7. The molecule has 172 valence electrons. The molecule has 1 fully saturated rings. The Bertz CT molecular complexity index is 1080. The molecule has 0 saturated carbocycles. The Kier molecular flexibility index (Phi) is 6.89. The summed E-state index contributed by atoms with van der Waals surface area (Å²) in [7, 11) is -3.96. The van der Waals surface area contributed by atoms with Crippen LogP contribution in [0.25, 0.3) is 0 Å². The van der Waals surface area contributed by atoms with Gasteiger partial charge in [-0.05, 0) is 42.0 Å². The van der Waals surface area contributed by atoms with Crippen molar-refractivity contribution in [2.75, 3.05) is 26.2 Å². The van der Waals surface area contributed by atoms with Gasteiger partial charge < -0.3 is 10.2 Å². The van der Waals surface area contributed by atoms with Crippen LogP contribution in [0, 0.1) is 0 Å². The fraction of sp³-hybridized carbons (Fsp3) is 0.333. The van der Waals surface area contributed by atoms with Gasteiger partial charge >= 0.3 is 6.18 Å². The summed E-state index contributed by atoms with van der Waals surface area (Å²) in [6.07, 6.45) is -4.55. The molecule has 0 unspecified atom stereocenters. The Morgan fingerprint density at radius 3 is 2.00 bits per heavy atom. The highest BCUT2D eigenvalue weighted by Gasteiger charge is 2.33. The summed E-state index contributed by atoms with van der Waals surface area (Å²) in [4.78, 5) is 25.0.